The van der Waals surface area contributed by atoms with Gasteiger partial charge in [-0.05, 0) is 30.7 Å². The number of anilines is 1. The number of aromatic hydroxyl groups is 1. The molecule has 0 bridgehead atoms. The van der Waals surface area contributed by atoms with Gasteiger partial charge in [-0.3, -0.25) is 4.79 Å². The van der Waals surface area contributed by atoms with E-state index in [0.717, 1.165) is 11.1 Å². The first-order valence-corrected chi connectivity index (χ1v) is 5.74. The van der Waals surface area contributed by atoms with Crippen LogP contribution in [-0.4, -0.2) is 11.0 Å². The zero-order valence-electron chi connectivity index (χ0n) is 10.4. The van der Waals surface area contributed by atoms with Crippen molar-refractivity contribution in [2.45, 2.75) is 13.8 Å². The Hall–Kier alpha value is -2.29. The van der Waals surface area contributed by atoms with E-state index in [1.807, 2.05) is 31.2 Å². The summed E-state index contributed by atoms with van der Waals surface area (Å²) in [6, 6.07) is 12.9. The van der Waals surface area contributed by atoms with Crippen molar-refractivity contribution in [1.29, 1.82) is 0 Å². The van der Waals surface area contributed by atoms with Crippen molar-refractivity contribution in [3.63, 3.8) is 0 Å². The van der Waals surface area contributed by atoms with Crippen molar-refractivity contribution in [3.8, 4) is 16.9 Å². The highest BCUT2D eigenvalue weighted by Crippen LogP contribution is 2.31. The fourth-order valence-electron chi connectivity index (χ4n) is 1.78. The molecule has 18 heavy (non-hydrogen) atoms. The molecule has 0 aromatic heterocycles. The molecule has 2 aromatic rings. The van der Waals surface area contributed by atoms with Crippen LogP contribution < -0.4 is 5.32 Å². The molecular weight excluding hydrogens is 226 g/mol. The van der Waals surface area contributed by atoms with Gasteiger partial charge in [0.05, 0.1) is 0 Å². The lowest BCUT2D eigenvalue weighted by Gasteiger charge is -2.08. The summed E-state index contributed by atoms with van der Waals surface area (Å²) in [4.78, 5) is 11.0. The summed E-state index contributed by atoms with van der Waals surface area (Å²) in [5.74, 6) is 0.0727. The highest BCUT2D eigenvalue weighted by atomic mass is 16.3. The first-order valence-electron chi connectivity index (χ1n) is 5.74. The van der Waals surface area contributed by atoms with E-state index in [-0.39, 0.29) is 11.7 Å². The van der Waals surface area contributed by atoms with Crippen molar-refractivity contribution in [2.24, 2.45) is 0 Å². The molecule has 92 valence electrons. The lowest BCUT2D eigenvalue weighted by Crippen LogP contribution is -2.05. The summed E-state index contributed by atoms with van der Waals surface area (Å²) < 4.78 is 0. The van der Waals surface area contributed by atoms with Gasteiger partial charge in [-0.25, -0.2) is 0 Å². The summed E-state index contributed by atoms with van der Waals surface area (Å²) in [5.41, 5.74) is 3.47. The van der Waals surface area contributed by atoms with Gasteiger partial charge in [0.2, 0.25) is 5.91 Å². The molecule has 0 aliphatic rings. The van der Waals surface area contributed by atoms with E-state index >= 15 is 0 Å². The fourth-order valence-corrected chi connectivity index (χ4v) is 1.78. The zero-order chi connectivity index (χ0) is 13.1. The number of carbonyl (C=O) groups is 1. The maximum atomic E-state index is 11.0. The molecule has 2 aromatic carbocycles. The van der Waals surface area contributed by atoms with E-state index in [2.05, 4.69) is 5.32 Å². The third-order valence-corrected chi connectivity index (χ3v) is 2.68. The van der Waals surface area contributed by atoms with Gasteiger partial charge in [0, 0.05) is 18.2 Å². The molecule has 0 radical (unpaired) electrons. The van der Waals surface area contributed by atoms with Crippen molar-refractivity contribution in [2.75, 3.05) is 5.32 Å². The van der Waals surface area contributed by atoms with Gasteiger partial charge in [-0.15, -0.1) is 0 Å². The third kappa shape index (κ3) is 2.69. The van der Waals surface area contributed by atoms with Gasteiger partial charge in [0.15, 0.2) is 0 Å². The molecule has 0 aliphatic carbocycles. The molecule has 0 heterocycles. The Morgan fingerprint density at radius 1 is 1.11 bits per heavy atom. The fraction of sp³-hybridized carbons (Fsp3) is 0.133. The van der Waals surface area contributed by atoms with Crippen LogP contribution in [0.1, 0.15) is 12.5 Å². The van der Waals surface area contributed by atoms with E-state index < -0.39 is 0 Å². The van der Waals surface area contributed by atoms with Crippen LogP contribution >= 0.6 is 0 Å². The molecule has 2 rings (SSSR count). The van der Waals surface area contributed by atoms with Crippen LogP contribution in [0.5, 0.6) is 5.75 Å². The van der Waals surface area contributed by atoms with Gasteiger partial charge >= 0.3 is 0 Å². The Balaban J connectivity index is 2.42. The monoisotopic (exact) mass is 241 g/mol. The number of amides is 1. The van der Waals surface area contributed by atoms with Gasteiger partial charge in [-0.2, -0.15) is 0 Å². The van der Waals surface area contributed by atoms with Crippen LogP contribution in [-0.2, 0) is 4.79 Å². The second-order valence-corrected chi connectivity index (χ2v) is 4.28. The molecule has 0 atom stereocenters. The third-order valence-electron chi connectivity index (χ3n) is 2.68. The van der Waals surface area contributed by atoms with Crippen molar-refractivity contribution in [3.05, 3.63) is 48.0 Å². The number of phenolic OH excluding ortho intramolecular Hbond substituents is 1. The van der Waals surface area contributed by atoms with Crippen LogP contribution in [0.25, 0.3) is 11.1 Å². The summed E-state index contributed by atoms with van der Waals surface area (Å²) >= 11 is 0. The number of rotatable bonds is 2. The number of nitrogens with one attached hydrogen (secondary N) is 1. The highest BCUT2D eigenvalue weighted by Gasteiger charge is 2.06. The largest absolute Gasteiger partial charge is 0.507 e. The van der Waals surface area contributed by atoms with E-state index in [0.29, 0.717) is 11.3 Å². The van der Waals surface area contributed by atoms with Gasteiger partial charge in [-0.1, -0.05) is 29.8 Å². The Morgan fingerprint density at radius 3 is 2.39 bits per heavy atom. The first kappa shape index (κ1) is 12.2. The number of benzene rings is 2. The number of aryl methyl sites for hydroxylation is 1. The molecule has 0 fully saturated rings. The molecule has 0 unspecified atom stereocenters. The molecular formula is C15H15NO2. The van der Waals surface area contributed by atoms with Crippen molar-refractivity contribution >= 4 is 11.6 Å². The number of hydrogen-bond acceptors (Lipinski definition) is 2. The average molecular weight is 241 g/mol. The minimum Gasteiger partial charge on any atom is -0.507 e. The minimum atomic E-state index is -0.129. The number of carbonyl (C=O) groups excluding carboxylic acids is 1. The van der Waals surface area contributed by atoms with Crippen LogP contribution in [0, 0.1) is 6.92 Å². The van der Waals surface area contributed by atoms with E-state index in [1.54, 1.807) is 18.2 Å². The smallest absolute Gasteiger partial charge is 0.221 e. The first-order chi connectivity index (χ1) is 8.56. The second kappa shape index (κ2) is 4.92. The summed E-state index contributed by atoms with van der Waals surface area (Å²) in [6.45, 7) is 3.47. The zero-order valence-corrected chi connectivity index (χ0v) is 10.4. The maximum absolute atomic E-state index is 11.0. The standard InChI is InChI=1S/C15H15NO2/c1-10-3-5-12(6-4-10)14-9-13(16-11(2)17)7-8-15(14)18/h3-9,18H,1-2H3,(H,16,17). The molecule has 1 amide bonds. The Morgan fingerprint density at radius 2 is 1.78 bits per heavy atom. The lowest BCUT2D eigenvalue weighted by atomic mass is 10.0. The highest BCUT2D eigenvalue weighted by molar-refractivity contribution is 5.90. The van der Waals surface area contributed by atoms with Gasteiger partial charge < -0.3 is 10.4 Å². The van der Waals surface area contributed by atoms with E-state index in [9.17, 15) is 9.90 Å². The molecule has 3 heteroatoms. The Bertz CT molecular complexity index is 574. The number of phenols is 1. The minimum absolute atomic E-state index is 0.129. The molecule has 0 spiro atoms. The van der Waals surface area contributed by atoms with Crippen LogP contribution in [0.4, 0.5) is 5.69 Å². The quantitative estimate of drug-likeness (QED) is 0.792. The predicted octanol–water partition coefficient (Wildman–Crippen LogP) is 3.33. The van der Waals surface area contributed by atoms with E-state index in [4.69, 9.17) is 0 Å². The Labute approximate surface area is 106 Å². The summed E-state index contributed by atoms with van der Waals surface area (Å²) in [6.07, 6.45) is 0. The molecule has 0 saturated carbocycles. The SMILES string of the molecule is CC(=O)Nc1ccc(O)c(-c2ccc(C)cc2)c1. The normalized spacial score (nSPS) is 10.1. The van der Waals surface area contributed by atoms with Crippen LogP contribution in [0.3, 0.4) is 0 Å². The lowest BCUT2D eigenvalue weighted by molar-refractivity contribution is -0.114. The molecule has 0 saturated heterocycles. The second-order valence-electron chi connectivity index (χ2n) is 4.28. The predicted molar refractivity (Wildman–Crippen MR) is 72.6 cm³/mol. The summed E-state index contributed by atoms with van der Waals surface area (Å²) in [7, 11) is 0. The summed E-state index contributed by atoms with van der Waals surface area (Å²) in [5, 5.41) is 12.6. The topological polar surface area (TPSA) is 49.3 Å². The van der Waals surface area contributed by atoms with E-state index in [1.165, 1.54) is 6.92 Å². The number of hydrogen-bond donors (Lipinski definition) is 2. The molecule has 3 nitrogen and oxygen atoms in total. The van der Waals surface area contributed by atoms with Gasteiger partial charge in [0.25, 0.3) is 0 Å². The molecule has 2 N–H and O–H groups in total. The van der Waals surface area contributed by atoms with Gasteiger partial charge in [0.1, 0.15) is 5.75 Å². The van der Waals surface area contributed by atoms with Crippen molar-refractivity contribution < 1.29 is 9.90 Å². The molecule has 0 aliphatic heterocycles. The maximum Gasteiger partial charge on any atom is 0.221 e. The van der Waals surface area contributed by atoms with Crippen LogP contribution in [0.2, 0.25) is 0 Å². The van der Waals surface area contributed by atoms with Crippen LogP contribution in [0.15, 0.2) is 42.5 Å². The average Bonchev–Trinajstić information content (AvgIpc) is 2.32. The Kier molecular flexibility index (Phi) is 3.33. The van der Waals surface area contributed by atoms with Crippen molar-refractivity contribution in [1.82, 2.24) is 0 Å².